The molecule has 2 rings (SSSR count). The quantitative estimate of drug-likeness (QED) is 0.578. The van der Waals surface area contributed by atoms with Crippen molar-refractivity contribution >= 4 is 23.0 Å². The Morgan fingerprint density at radius 2 is 1.81 bits per heavy atom. The van der Waals surface area contributed by atoms with E-state index < -0.39 is 5.91 Å². The Hall–Kier alpha value is -3.66. The molecule has 0 bridgehead atoms. The lowest BCUT2D eigenvalue weighted by Crippen LogP contribution is -2.15. The van der Waals surface area contributed by atoms with Gasteiger partial charge in [-0.2, -0.15) is 5.26 Å². The van der Waals surface area contributed by atoms with Crippen LogP contribution in [-0.2, 0) is 4.79 Å². The number of hydrogen-bond donors (Lipinski definition) is 2. The number of benzene rings is 2. The number of nitrogens with zero attached hydrogens (tertiary/aromatic N) is 2. The lowest BCUT2D eigenvalue weighted by atomic mass is 10.2. The van der Waals surface area contributed by atoms with Crippen molar-refractivity contribution in [3.8, 4) is 17.6 Å². The molecule has 1 amide bonds. The molecule has 27 heavy (non-hydrogen) atoms. The second-order valence-corrected chi connectivity index (χ2v) is 5.78. The Bertz CT molecular complexity index is 868. The minimum Gasteiger partial charge on any atom is -0.497 e. The summed E-state index contributed by atoms with van der Waals surface area (Å²) in [7, 11) is 6.93. The van der Waals surface area contributed by atoms with Gasteiger partial charge in [0, 0.05) is 37.7 Å². The molecular weight excluding hydrogens is 344 g/mol. The summed E-state index contributed by atoms with van der Waals surface area (Å²) in [5, 5.41) is 14.9. The number of hydrogen-bond acceptors (Lipinski definition) is 6. The molecule has 0 saturated carbocycles. The maximum atomic E-state index is 12.4. The molecule has 0 aliphatic rings. The second-order valence-electron chi connectivity index (χ2n) is 5.78. The van der Waals surface area contributed by atoms with Crippen LogP contribution in [0, 0.1) is 11.3 Å². The third-order valence-corrected chi connectivity index (χ3v) is 3.79. The van der Waals surface area contributed by atoms with Crippen LogP contribution in [0.15, 0.2) is 54.2 Å². The van der Waals surface area contributed by atoms with Gasteiger partial charge in [-0.1, -0.05) is 0 Å². The van der Waals surface area contributed by atoms with Crippen molar-refractivity contribution in [1.82, 2.24) is 0 Å². The number of methoxy groups -OCH3 is 2. The van der Waals surface area contributed by atoms with E-state index in [0.717, 1.165) is 11.4 Å². The van der Waals surface area contributed by atoms with E-state index in [1.54, 1.807) is 18.2 Å². The first-order valence-electron chi connectivity index (χ1n) is 8.16. The smallest absolute Gasteiger partial charge is 0.267 e. The van der Waals surface area contributed by atoms with Crippen LogP contribution in [0.1, 0.15) is 0 Å². The average molecular weight is 366 g/mol. The highest BCUT2D eigenvalue weighted by atomic mass is 16.5. The molecule has 0 saturated heterocycles. The van der Waals surface area contributed by atoms with Gasteiger partial charge in [0.2, 0.25) is 0 Å². The molecule has 140 valence electrons. The molecule has 2 aromatic rings. The van der Waals surface area contributed by atoms with E-state index in [4.69, 9.17) is 9.47 Å². The van der Waals surface area contributed by atoms with Gasteiger partial charge in [-0.15, -0.1) is 0 Å². The predicted octanol–water partition coefficient (Wildman–Crippen LogP) is 3.23. The lowest BCUT2D eigenvalue weighted by molar-refractivity contribution is -0.112. The molecule has 0 atom stereocenters. The van der Waals surface area contributed by atoms with Gasteiger partial charge >= 0.3 is 0 Å². The highest BCUT2D eigenvalue weighted by molar-refractivity contribution is 6.07. The Labute approximate surface area is 158 Å². The molecule has 0 aliphatic heterocycles. The Kier molecular flexibility index (Phi) is 6.67. The highest BCUT2D eigenvalue weighted by Gasteiger charge is 2.13. The summed E-state index contributed by atoms with van der Waals surface area (Å²) >= 11 is 0. The van der Waals surface area contributed by atoms with E-state index >= 15 is 0 Å². The summed E-state index contributed by atoms with van der Waals surface area (Å²) in [5.74, 6) is 0.475. The van der Waals surface area contributed by atoms with Crippen molar-refractivity contribution in [2.45, 2.75) is 0 Å². The first-order chi connectivity index (χ1) is 13.0. The van der Waals surface area contributed by atoms with Crippen molar-refractivity contribution in [1.29, 1.82) is 5.26 Å². The summed E-state index contributed by atoms with van der Waals surface area (Å²) in [6, 6.07) is 14.5. The van der Waals surface area contributed by atoms with E-state index in [1.807, 2.05) is 49.3 Å². The van der Waals surface area contributed by atoms with Crippen LogP contribution in [0.25, 0.3) is 0 Å². The minimum atomic E-state index is -0.554. The van der Waals surface area contributed by atoms with E-state index in [2.05, 4.69) is 10.6 Å². The van der Waals surface area contributed by atoms with E-state index in [1.165, 1.54) is 20.4 Å². The van der Waals surface area contributed by atoms with Crippen molar-refractivity contribution in [3.05, 3.63) is 54.2 Å². The molecule has 0 aliphatic carbocycles. The second kappa shape index (κ2) is 9.15. The fourth-order valence-corrected chi connectivity index (χ4v) is 2.26. The molecule has 0 aromatic heterocycles. The van der Waals surface area contributed by atoms with E-state index in [-0.39, 0.29) is 5.57 Å². The minimum absolute atomic E-state index is 0.0726. The zero-order valence-corrected chi connectivity index (χ0v) is 15.7. The highest BCUT2D eigenvalue weighted by Crippen LogP contribution is 2.29. The molecule has 7 nitrogen and oxygen atoms in total. The monoisotopic (exact) mass is 366 g/mol. The molecule has 0 spiro atoms. The number of rotatable bonds is 7. The number of anilines is 3. The van der Waals surface area contributed by atoms with Crippen molar-refractivity contribution < 1.29 is 14.3 Å². The van der Waals surface area contributed by atoms with Crippen LogP contribution in [0.2, 0.25) is 0 Å². The van der Waals surface area contributed by atoms with Crippen molar-refractivity contribution in [3.63, 3.8) is 0 Å². The van der Waals surface area contributed by atoms with Crippen molar-refractivity contribution in [2.24, 2.45) is 0 Å². The van der Waals surface area contributed by atoms with Crippen LogP contribution in [-0.4, -0.2) is 34.2 Å². The number of ether oxygens (including phenoxy) is 2. The van der Waals surface area contributed by atoms with Gasteiger partial charge in [-0.3, -0.25) is 4.79 Å². The van der Waals surface area contributed by atoms with Gasteiger partial charge in [-0.25, -0.2) is 0 Å². The molecular formula is C20H22N4O3. The number of carbonyl (C=O) groups is 1. The van der Waals surface area contributed by atoms with Gasteiger partial charge in [0.15, 0.2) is 0 Å². The lowest BCUT2D eigenvalue weighted by Gasteiger charge is -2.13. The van der Waals surface area contributed by atoms with Gasteiger partial charge in [0.05, 0.1) is 19.9 Å². The average Bonchev–Trinajstić information content (AvgIpc) is 2.68. The molecule has 0 unspecified atom stereocenters. The number of nitrogens with one attached hydrogen (secondary N) is 2. The van der Waals surface area contributed by atoms with Gasteiger partial charge in [0.1, 0.15) is 23.1 Å². The SMILES string of the molecule is COc1ccc(OC)c(NC(=O)/C(C#N)=C\Nc2ccc(N(C)C)cc2)c1. The Morgan fingerprint density at radius 1 is 1.11 bits per heavy atom. The zero-order chi connectivity index (χ0) is 19.8. The fraction of sp³-hybridized carbons (Fsp3) is 0.200. The Balaban J connectivity index is 2.13. The van der Waals surface area contributed by atoms with Gasteiger partial charge in [-0.05, 0) is 36.4 Å². The molecule has 7 heteroatoms. The van der Waals surface area contributed by atoms with Crippen molar-refractivity contribution in [2.75, 3.05) is 43.8 Å². The standard InChI is InChI=1S/C20H22N4O3/c1-24(2)16-7-5-15(6-8-16)22-13-14(12-21)20(25)23-18-11-17(26-3)9-10-19(18)27-4/h5-11,13,22H,1-4H3,(H,23,25)/b14-13-. The first-order valence-corrected chi connectivity index (χ1v) is 8.16. The number of nitriles is 1. The van der Waals surface area contributed by atoms with Gasteiger partial charge in [0.25, 0.3) is 5.91 Å². The largest absolute Gasteiger partial charge is 0.497 e. The van der Waals surface area contributed by atoms with Crippen LogP contribution in [0.5, 0.6) is 11.5 Å². The van der Waals surface area contributed by atoms with Gasteiger partial charge < -0.3 is 25.0 Å². The van der Waals surface area contributed by atoms with Crippen LogP contribution in [0.3, 0.4) is 0 Å². The van der Waals surface area contributed by atoms with Crippen LogP contribution in [0.4, 0.5) is 17.1 Å². The summed E-state index contributed by atoms with van der Waals surface area (Å²) < 4.78 is 10.4. The molecule has 0 heterocycles. The zero-order valence-electron chi connectivity index (χ0n) is 15.7. The summed E-state index contributed by atoms with van der Waals surface area (Å²) in [6.07, 6.45) is 1.37. The van der Waals surface area contributed by atoms with E-state index in [0.29, 0.717) is 17.2 Å². The number of carbonyl (C=O) groups excluding carboxylic acids is 1. The fourth-order valence-electron chi connectivity index (χ4n) is 2.26. The topological polar surface area (TPSA) is 86.6 Å². The Morgan fingerprint density at radius 3 is 2.37 bits per heavy atom. The normalized spacial score (nSPS) is 10.6. The van der Waals surface area contributed by atoms with Crippen LogP contribution >= 0.6 is 0 Å². The predicted molar refractivity (Wildman–Crippen MR) is 106 cm³/mol. The molecule has 2 N–H and O–H groups in total. The summed E-state index contributed by atoms with van der Waals surface area (Å²) in [4.78, 5) is 14.4. The summed E-state index contributed by atoms with van der Waals surface area (Å²) in [6.45, 7) is 0. The number of amides is 1. The molecule has 0 fully saturated rings. The maximum absolute atomic E-state index is 12.4. The third kappa shape index (κ3) is 5.16. The maximum Gasteiger partial charge on any atom is 0.267 e. The third-order valence-electron chi connectivity index (χ3n) is 3.79. The molecule has 0 radical (unpaired) electrons. The van der Waals surface area contributed by atoms with Crippen LogP contribution < -0.4 is 25.0 Å². The molecule has 2 aromatic carbocycles. The first kappa shape index (κ1) is 19.7. The van der Waals surface area contributed by atoms with E-state index in [9.17, 15) is 10.1 Å². The summed E-state index contributed by atoms with van der Waals surface area (Å²) in [5.41, 5.74) is 2.16.